The molecular formula is C15H20N4O4. The van der Waals surface area contributed by atoms with Gasteiger partial charge in [0, 0.05) is 18.2 Å². The van der Waals surface area contributed by atoms with E-state index in [1.165, 1.54) is 17.0 Å². The number of nitro benzene ring substituents is 1. The van der Waals surface area contributed by atoms with Crippen LogP contribution in [0.15, 0.2) is 18.2 Å². The van der Waals surface area contributed by atoms with Gasteiger partial charge in [-0.25, -0.2) is 4.79 Å². The highest BCUT2D eigenvalue weighted by Gasteiger charge is 2.28. The van der Waals surface area contributed by atoms with Gasteiger partial charge in [-0.1, -0.05) is 0 Å². The summed E-state index contributed by atoms with van der Waals surface area (Å²) in [6, 6.07) is 4.87. The molecule has 23 heavy (non-hydrogen) atoms. The maximum Gasteiger partial charge on any atom is 0.414 e. The molecule has 0 aromatic heterocycles. The summed E-state index contributed by atoms with van der Waals surface area (Å²) in [5, 5.41) is 14.5. The highest BCUT2D eigenvalue weighted by molar-refractivity contribution is 5.94. The molecule has 2 aliphatic rings. The molecule has 0 unspecified atom stereocenters. The Kier molecular flexibility index (Phi) is 4.33. The number of rotatable bonds is 4. The second kappa shape index (κ2) is 6.41. The van der Waals surface area contributed by atoms with E-state index in [0.29, 0.717) is 24.9 Å². The van der Waals surface area contributed by atoms with Crippen LogP contribution >= 0.6 is 0 Å². The predicted molar refractivity (Wildman–Crippen MR) is 85.9 cm³/mol. The van der Waals surface area contributed by atoms with E-state index in [1.54, 1.807) is 6.07 Å². The van der Waals surface area contributed by atoms with Crippen LogP contribution < -0.4 is 10.2 Å². The van der Waals surface area contributed by atoms with Crippen molar-refractivity contribution in [2.24, 2.45) is 0 Å². The Morgan fingerprint density at radius 1 is 1.30 bits per heavy atom. The van der Waals surface area contributed by atoms with E-state index in [9.17, 15) is 14.9 Å². The molecule has 2 aliphatic heterocycles. The molecule has 0 bridgehead atoms. The predicted octanol–water partition coefficient (Wildman–Crippen LogP) is 2.06. The molecule has 0 saturated carbocycles. The third-order valence-corrected chi connectivity index (χ3v) is 4.32. The molecule has 1 N–H and O–H groups in total. The molecule has 8 heteroatoms. The molecular weight excluding hydrogens is 300 g/mol. The highest BCUT2D eigenvalue weighted by Crippen LogP contribution is 2.33. The van der Waals surface area contributed by atoms with Crippen LogP contribution in [0.2, 0.25) is 0 Å². The number of piperidine rings is 1. The van der Waals surface area contributed by atoms with Gasteiger partial charge in [0.2, 0.25) is 0 Å². The van der Waals surface area contributed by atoms with Gasteiger partial charge in [0.15, 0.2) is 0 Å². The first kappa shape index (κ1) is 15.5. The Bertz CT molecular complexity index is 613. The zero-order chi connectivity index (χ0) is 16.4. The van der Waals surface area contributed by atoms with Crippen molar-refractivity contribution in [3.8, 4) is 0 Å². The van der Waals surface area contributed by atoms with Crippen molar-refractivity contribution in [3.63, 3.8) is 0 Å². The summed E-state index contributed by atoms with van der Waals surface area (Å²) in [6.45, 7) is 2.72. The van der Waals surface area contributed by atoms with Crippen LogP contribution in [-0.4, -0.2) is 55.2 Å². The highest BCUT2D eigenvalue weighted by atomic mass is 16.6. The summed E-state index contributed by atoms with van der Waals surface area (Å²) in [6.07, 6.45) is 1.53. The lowest BCUT2D eigenvalue weighted by molar-refractivity contribution is -0.384. The Morgan fingerprint density at radius 3 is 2.65 bits per heavy atom. The number of anilines is 2. The Hall–Kier alpha value is -2.35. The van der Waals surface area contributed by atoms with Gasteiger partial charge < -0.3 is 15.0 Å². The van der Waals surface area contributed by atoms with Crippen molar-refractivity contribution in [2.45, 2.75) is 18.9 Å². The number of benzene rings is 1. The van der Waals surface area contributed by atoms with Crippen molar-refractivity contribution in [1.82, 2.24) is 4.90 Å². The van der Waals surface area contributed by atoms with Crippen LogP contribution in [-0.2, 0) is 4.74 Å². The van der Waals surface area contributed by atoms with Gasteiger partial charge in [-0.2, -0.15) is 0 Å². The lowest BCUT2D eigenvalue weighted by Crippen LogP contribution is -2.37. The average molecular weight is 320 g/mol. The zero-order valence-electron chi connectivity index (χ0n) is 13.0. The van der Waals surface area contributed by atoms with Crippen LogP contribution in [0, 0.1) is 10.1 Å². The van der Waals surface area contributed by atoms with Crippen LogP contribution in [0.4, 0.5) is 21.9 Å². The van der Waals surface area contributed by atoms with Crippen molar-refractivity contribution >= 4 is 23.2 Å². The number of nitrogens with zero attached hydrogens (tertiary/aromatic N) is 3. The quantitative estimate of drug-likeness (QED) is 0.675. The topological polar surface area (TPSA) is 87.9 Å². The van der Waals surface area contributed by atoms with Crippen LogP contribution in [0.25, 0.3) is 0 Å². The minimum Gasteiger partial charge on any atom is -0.447 e. The molecule has 2 fully saturated rings. The minimum atomic E-state index is -0.461. The maximum absolute atomic E-state index is 11.8. The molecule has 1 aromatic carbocycles. The minimum absolute atomic E-state index is 0.0337. The molecule has 0 radical (unpaired) electrons. The van der Waals surface area contributed by atoms with Crippen molar-refractivity contribution < 1.29 is 14.5 Å². The standard InChI is InChI=1S/C15H20N4O4/c1-17-6-4-11(5-7-17)16-13-3-2-12(19(21)22)10-14(13)18-8-9-23-15(18)20/h2-3,10-11,16H,4-9H2,1H3. The van der Waals surface area contributed by atoms with Gasteiger partial charge in [0.1, 0.15) is 6.61 Å². The Morgan fingerprint density at radius 2 is 2.04 bits per heavy atom. The first-order valence-electron chi connectivity index (χ1n) is 7.72. The fourth-order valence-electron chi connectivity index (χ4n) is 2.96. The van der Waals surface area contributed by atoms with E-state index < -0.39 is 11.0 Å². The van der Waals surface area contributed by atoms with E-state index in [4.69, 9.17) is 4.74 Å². The molecule has 0 spiro atoms. The number of cyclic esters (lactones) is 1. The summed E-state index contributed by atoms with van der Waals surface area (Å²) in [4.78, 5) is 26.1. The average Bonchev–Trinajstić information content (AvgIpc) is 2.96. The lowest BCUT2D eigenvalue weighted by Gasteiger charge is -2.31. The monoisotopic (exact) mass is 320 g/mol. The first-order valence-corrected chi connectivity index (χ1v) is 7.72. The molecule has 0 atom stereocenters. The normalized spacial score (nSPS) is 19.7. The zero-order valence-corrected chi connectivity index (χ0v) is 13.0. The third kappa shape index (κ3) is 3.37. The molecule has 8 nitrogen and oxygen atoms in total. The van der Waals surface area contributed by atoms with Crippen molar-refractivity contribution in [2.75, 3.05) is 43.5 Å². The molecule has 3 rings (SSSR count). The number of nitrogens with one attached hydrogen (secondary N) is 1. The number of carbonyl (C=O) groups is 1. The van der Waals surface area contributed by atoms with E-state index in [0.717, 1.165) is 31.6 Å². The number of amides is 1. The van der Waals surface area contributed by atoms with Gasteiger partial charge >= 0.3 is 6.09 Å². The van der Waals surface area contributed by atoms with Gasteiger partial charge in [0.25, 0.3) is 5.69 Å². The van der Waals surface area contributed by atoms with E-state index in [1.807, 2.05) is 0 Å². The van der Waals surface area contributed by atoms with Gasteiger partial charge in [-0.3, -0.25) is 15.0 Å². The third-order valence-electron chi connectivity index (χ3n) is 4.32. The number of hydrogen-bond donors (Lipinski definition) is 1. The number of hydrogen-bond acceptors (Lipinski definition) is 6. The van der Waals surface area contributed by atoms with Crippen molar-refractivity contribution in [3.05, 3.63) is 28.3 Å². The number of likely N-dealkylation sites (tertiary alicyclic amines) is 1. The van der Waals surface area contributed by atoms with Gasteiger partial charge in [0.05, 0.1) is 22.8 Å². The molecule has 124 valence electrons. The molecule has 2 heterocycles. The summed E-state index contributed by atoms with van der Waals surface area (Å²) >= 11 is 0. The van der Waals surface area contributed by atoms with Crippen LogP contribution in [0.3, 0.4) is 0 Å². The number of carbonyl (C=O) groups excluding carboxylic acids is 1. The molecule has 1 aromatic rings. The molecule has 1 amide bonds. The molecule has 2 saturated heterocycles. The van der Waals surface area contributed by atoms with E-state index >= 15 is 0 Å². The Balaban J connectivity index is 1.86. The van der Waals surface area contributed by atoms with E-state index in [2.05, 4.69) is 17.3 Å². The number of non-ortho nitro benzene ring substituents is 1. The summed E-state index contributed by atoms with van der Waals surface area (Å²) in [7, 11) is 2.09. The lowest BCUT2D eigenvalue weighted by atomic mass is 10.0. The fraction of sp³-hybridized carbons (Fsp3) is 0.533. The Labute approximate surface area is 134 Å². The second-order valence-corrected chi connectivity index (χ2v) is 5.95. The molecule has 0 aliphatic carbocycles. The smallest absolute Gasteiger partial charge is 0.414 e. The summed E-state index contributed by atoms with van der Waals surface area (Å²) in [5.41, 5.74) is 1.22. The SMILES string of the molecule is CN1CCC(Nc2ccc([N+](=O)[O-])cc2N2CCOC2=O)CC1. The number of nitro groups is 1. The van der Waals surface area contributed by atoms with Crippen LogP contribution in [0.1, 0.15) is 12.8 Å². The van der Waals surface area contributed by atoms with Gasteiger partial charge in [-0.05, 0) is 39.0 Å². The summed E-state index contributed by atoms with van der Waals surface area (Å²) in [5.74, 6) is 0. The summed E-state index contributed by atoms with van der Waals surface area (Å²) < 4.78 is 4.96. The van der Waals surface area contributed by atoms with Crippen LogP contribution in [0.5, 0.6) is 0 Å². The first-order chi connectivity index (χ1) is 11.0. The van der Waals surface area contributed by atoms with Gasteiger partial charge in [-0.15, -0.1) is 0 Å². The number of ether oxygens (including phenoxy) is 1. The maximum atomic E-state index is 11.8. The fourth-order valence-corrected chi connectivity index (χ4v) is 2.96. The van der Waals surface area contributed by atoms with E-state index in [-0.39, 0.29) is 5.69 Å². The van der Waals surface area contributed by atoms with Crippen molar-refractivity contribution in [1.29, 1.82) is 0 Å². The second-order valence-electron chi connectivity index (χ2n) is 5.95. The largest absolute Gasteiger partial charge is 0.447 e.